The molecule has 0 aliphatic carbocycles. The average Bonchev–Trinajstić information content (AvgIpc) is 2.28. The number of hydrogen-bond acceptors (Lipinski definition) is 3. The lowest BCUT2D eigenvalue weighted by molar-refractivity contribution is 0.574. The number of nitrogens with one attached hydrogen (secondary N) is 1. The fourth-order valence-electron chi connectivity index (χ4n) is 1.56. The summed E-state index contributed by atoms with van der Waals surface area (Å²) in [5, 5.41) is -0.807. The number of thiocarbonyl (C=S) groups is 1. The molecule has 6 heteroatoms. The molecule has 4 nitrogen and oxygen atoms in total. The lowest BCUT2D eigenvalue weighted by Gasteiger charge is -2.15. The van der Waals surface area contributed by atoms with Gasteiger partial charge in [-0.2, -0.15) is 0 Å². The Labute approximate surface area is 114 Å². The Morgan fingerprint density at radius 1 is 1.39 bits per heavy atom. The summed E-state index contributed by atoms with van der Waals surface area (Å²) in [5.74, 6) is 0. The monoisotopic (exact) mass is 286 g/mol. The maximum Gasteiger partial charge on any atom is 0.221 e. The first-order chi connectivity index (χ1) is 8.36. The second-order valence-corrected chi connectivity index (χ2v) is 6.57. The van der Waals surface area contributed by atoms with E-state index in [1.165, 1.54) is 0 Å². The van der Waals surface area contributed by atoms with E-state index in [1.54, 1.807) is 6.92 Å². The predicted molar refractivity (Wildman–Crippen MR) is 77.8 cm³/mol. The summed E-state index contributed by atoms with van der Waals surface area (Å²) in [4.78, 5) is 0.00825. The maximum atomic E-state index is 12.0. The van der Waals surface area contributed by atoms with Gasteiger partial charge >= 0.3 is 0 Å². The lowest BCUT2D eigenvalue weighted by Crippen LogP contribution is -2.41. The van der Waals surface area contributed by atoms with Gasteiger partial charge in [-0.3, -0.25) is 0 Å². The zero-order chi connectivity index (χ0) is 13.8. The van der Waals surface area contributed by atoms with Crippen molar-refractivity contribution < 1.29 is 8.42 Å². The van der Waals surface area contributed by atoms with Gasteiger partial charge in [-0.15, -0.1) is 0 Å². The van der Waals surface area contributed by atoms with Crippen LogP contribution in [-0.2, 0) is 16.6 Å². The van der Waals surface area contributed by atoms with E-state index in [4.69, 9.17) is 18.0 Å². The van der Waals surface area contributed by atoms with E-state index < -0.39 is 15.3 Å². The van der Waals surface area contributed by atoms with Crippen LogP contribution < -0.4 is 10.5 Å². The third kappa shape index (κ3) is 4.04. The van der Waals surface area contributed by atoms with Crippen LogP contribution in [0.5, 0.6) is 0 Å². The van der Waals surface area contributed by atoms with E-state index in [1.807, 2.05) is 31.2 Å². The van der Waals surface area contributed by atoms with Crippen LogP contribution in [0.1, 0.15) is 24.5 Å². The van der Waals surface area contributed by atoms with Crippen LogP contribution in [0.25, 0.3) is 0 Å². The molecular weight excluding hydrogens is 268 g/mol. The van der Waals surface area contributed by atoms with Crippen molar-refractivity contribution in [2.45, 2.75) is 32.1 Å². The molecular formula is C12H18N2O2S2. The fraction of sp³-hybridized carbons (Fsp3) is 0.417. The van der Waals surface area contributed by atoms with Gasteiger partial charge in [0.2, 0.25) is 10.0 Å². The number of benzene rings is 1. The van der Waals surface area contributed by atoms with Crippen LogP contribution in [0.3, 0.4) is 0 Å². The van der Waals surface area contributed by atoms with E-state index in [0.717, 1.165) is 11.1 Å². The molecule has 0 aromatic heterocycles. The van der Waals surface area contributed by atoms with Gasteiger partial charge in [-0.1, -0.05) is 49.0 Å². The minimum Gasteiger partial charge on any atom is -0.392 e. The highest BCUT2D eigenvalue weighted by molar-refractivity contribution is 7.93. The zero-order valence-corrected chi connectivity index (χ0v) is 12.1. The smallest absolute Gasteiger partial charge is 0.221 e. The molecule has 0 bridgehead atoms. The minimum atomic E-state index is -3.50. The van der Waals surface area contributed by atoms with Crippen molar-refractivity contribution in [2.24, 2.45) is 5.73 Å². The van der Waals surface area contributed by atoms with E-state index in [0.29, 0.717) is 6.42 Å². The van der Waals surface area contributed by atoms with Gasteiger partial charge in [0.25, 0.3) is 0 Å². The summed E-state index contributed by atoms with van der Waals surface area (Å²) in [6.45, 7) is 3.98. The van der Waals surface area contributed by atoms with Gasteiger partial charge in [-0.05, 0) is 18.9 Å². The van der Waals surface area contributed by atoms with Crippen LogP contribution in [0.2, 0.25) is 0 Å². The molecule has 0 fully saturated rings. The highest BCUT2D eigenvalue weighted by Crippen LogP contribution is 2.07. The van der Waals surface area contributed by atoms with E-state index in [9.17, 15) is 8.42 Å². The third-order valence-electron chi connectivity index (χ3n) is 2.66. The van der Waals surface area contributed by atoms with Crippen molar-refractivity contribution >= 4 is 27.2 Å². The molecule has 0 saturated carbocycles. The zero-order valence-electron chi connectivity index (χ0n) is 10.5. The summed E-state index contributed by atoms with van der Waals surface area (Å²) < 4.78 is 26.5. The normalized spacial score (nSPS) is 13.2. The molecule has 18 heavy (non-hydrogen) atoms. The van der Waals surface area contributed by atoms with Crippen LogP contribution in [0.4, 0.5) is 0 Å². The van der Waals surface area contributed by atoms with Crippen LogP contribution >= 0.6 is 12.2 Å². The van der Waals surface area contributed by atoms with Crippen molar-refractivity contribution in [1.29, 1.82) is 0 Å². The van der Waals surface area contributed by atoms with Gasteiger partial charge in [0.05, 0.1) is 4.99 Å². The fourth-order valence-corrected chi connectivity index (χ4v) is 3.42. The highest BCUT2D eigenvalue weighted by Gasteiger charge is 2.25. The van der Waals surface area contributed by atoms with Crippen molar-refractivity contribution in [1.82, 2.24) is 4.72 Å². The Kier molecular flexibility index (Phi) is 5.25. The summed E-state index contributed by atoms with van der Waals surface area (Å²) >= 11 is 4.77. The Bertz CT molecular complexity index is 509. The second kappa shape index (κ2) is 6.26. The standard InChI is InChI=1S/C12H18N2O2S2/c1-3-11(12(13)17)18(15,16)14-8-10-6-4-9(2)5-7-10/h4-7,11,14H,3,8H2,1-2H3,(H2,13,17). The Morgan fingerprint density at radius 2 is 1.94 bits per heavy atom. The van der Waals surface area contributed by atoms with Crippen LogP contribution in [-0.4, -0.2) is 18.7 Å². The van der Waals surface area contributed by atoms with Crippen LogP contribution in [0, 0.1) is 6.92 Å². The van der Waals surface area contributed by atoms with Crippen molar-refractivity contribution in [3.63, 3.8) is 0 Å². The molecule has 1 aromatic carbocycles. The first-order valence-corrected chi connectivity index (χ1v) is 7.65. The van der Waals surface area contributed by atoms with Gasteiger partial charge in [-0.25, -0.2) is 13.1 Å². The largest absolute Gasteiger partial charge is 0.392 e. The summed E-state index contributed by atoms with van der Waals surface area (Å²) in [6, 6.07) is 7.65. The topological polar surface area (TPSA) is 72.2 Å². The van der Waals surface area contributed by atoms with E-state index >= 15 is 0 Å². The lowest BCUT2D eigenvalue weighted by atomic mass is 10.2. The van der Waals surface area contributed by atoms with Gasteiger partial charge in [0.15, 0.2) is 0 Å². The molecule has 0 heterocycles. The molecule has 1 unspecified atom stereocenters. The molecule has 1 aromatic rings. The highest BCUT2D eigenvalue weighted by atomic mass is 32.2. The van der Waals surface area contributed by atoms with Crippen molar-refractivity contribution in [3.05, 3.63) is 35.4 Å². The van der Waals surface area contributed by atoms with Crippen LogP contribution in [0.15, 0.2) is 24.3 Å². The number of hydrogen-bond donors (Lipinski definition) is 2. The molecule has 100 valence electrons. The predicted octanol–water partition coefficient (Wildman–Crippen LogP) is 1.48. The number of sulfonamides is 1. The summed E-state index contributed by atoms with van der Waals surface area (Å²) in [5.41, 5.74) is 7.47. The van der Waals surface area contributed by atoms with Gasteiger partial charge < -0.3 is 5.73 Å². The molecule has 1 atom stereocenters. The molecule has 3 N–H and O–H groups in total. The Hall–Kier alpha value is -0.980. The minimum absolute atomic E-state index is 0.00825. The Balaban J connectivity index is 2.72. The summed E-state index contributed by atoms with van der Waals surface area (Å²) in [6.07, 6.45) is 0.374. The molecule has 0 spiro atoms. The Morgan fingerprint density at radius 3 is 2.39 bits per heavy atom. The number of rotatable bonds is 6. The summed E-state index contributed by atoms with van der Waals surface area (Å²) in [7, 11) is -3.50. The van der Waals surface area contributed by atoms with Crippen molar-refractivity contribution in [3.8, 4) is 0 Å². The molecule has 0 saturated heterocycles. The molecule has 0 radical (unpaired) electrons. The van der Waals surface area contributed by atoms with Gasteiger partial charge in [0, 0.05) is 6.54 Å². The van der Waals surface area contributed by atoms with Crippen molar-refractivity contribution in [2.75, 3.05) is 0 Å². The molecule has 0 aliphatic rings. The first-order valence-electron chi connectivity index (χ1n) is 5.70. The van der Waals surface area contributed by atoms with E-state index in [2.05, 4.69) is 4.72 Å². The number of aryl methyl sites for hydroxylation is 1. The molecule has 0 amide bonds. The number of nitrogens with two attached hydrogens (primary N) is 1. The second-order valence-electron chi connectivity index (χ2n) is 4.15. The SMILES string of the molecule is CCC(C(N)=S)S(=O)(=O)NCc1ccc(C)cc1. The van der Waals surface area contributed by atoms with E-state index in [-0.39, 0.29) is 11.5 Å². The first kappa shape index (κ1) is 15.1. The third-order valence-corrected chi connectivity index (χ3v) is 4.98. The maximum absolute atomic E-state index is 12.0. The molecule has 1 rings (SSSR count). The van der Waals surface area contributed by atoms with Gasteiger partial charge in [0.1, 0.15) is 5.25 Å². The average molecular weight is 286 g/mol. The molecule has 0 aliphatic heterocycles. The quantitative estimate of drug-likeness (QED) is 0.777.